The number of ether oxygens (including phenoxy) is 3. The summed E-state index contributed by atoms with van der Waals surface area (Å²) in [6.45, 7) is 14.1. The molecule has 22 heavy (non-hydrogen) atoms. The van der Waals surface area contributed by atoms with Crippen LogP contribution < -0.4 is 0 Å². The van der Waals surface area contributed by atoms with Crippen molar-refractivity contribution in [2.45, 2.75) is 72.4 Å². The highest BCUT2D eigenvalue weighted by atomic mass is 16.7. The van der Waals surface area contributed by atoms with Gasteiger partial charge in [-0.1, -0.05) is 20.8 Å². The maximum atomic E-state index is 12.4. The first kappa shape index (κ1) is 19.2. The highest BCUT2D eigenvalue weighted by molar-refractivity contribution is 5.69. The number of carbonyl (C=O) groups is 1. The average molecular weight is 317 g/mol. The molecule has 0 aromatic heterocycles. The molecule has 0 aromatic carbocycles. The van der Waals surface area contributed by atoms with E-state index < -0.39 is 24.0 Å². The number of morpholine rings is 1. The van der Waals surface area contributed by atoms with Crippen LogP contribution in [0.2, 0.25) is 0 Å². The van der Waals surface area contributed by atoms with Gasteiger partial charge in [-0.05, 0) is 33.1 Å². The average Bonchev–Trinajstić information content (AvgIpc) is 2.33. The molecule has 1 saturated heterocycles. The molecule has 3 atom stereocenters. The van der Waals surface area contributed by atoms with Gasteiger partial charge in [0.15, 0.2) is 6.29 Å². The minimum Gasteiger partial charge on any atom is -0.444 e. The van der Waals surface area contributed by atoms with Gasteiger partial charge in [-0.15, -0.1) is 0 Å². The van der Waals surface area contributed by atoms with Gasteiger partial charge in [-0.2, -0.15) is 0 Å². The number of hydrogen-bond acceptors (Lipinski definition) is 5. The van der Waals surface area contributed by atoms with Crippen LogP contribution in [0.25, 0.3) is 0 Å². The molecule has 0 spiro atoms. The summed E-state index contributed by atoms with van der Waals surface area (Å²) in [4.78, 5) is 14.0. The Bertz CT molecular complexity index is 372. The fourth-order valence-corrected chi connectivity index (χ4v) is 2.18. The molecule has 1 amide bonds. The molecule has 1 N–H and O–H groups in total. The maximum absolute atomic E-state index is 12.4. The van der Waals surface area contributed by atoms with Gasteiger partial charge in [0, 0.05) is 0 Å². The normalized spacial score (nSPS) is 26.9. The van der Waals surface area contributed by atoms with Crippen LogP contribution in [0.4, 0.5) is 4.79 Å². The lowest BCUT2D eigenvalue weighted by Crippen LogP contribution is -2.60. The summed E-state index contributed by atoms with van der Waals surface area (Å²) in [5.74, 6) is 0. The first-order valence-corrected chi connectivity index (χ1v) is 7.80. The van der Waals surface area contributed by atoms with Crippen LogP contribution in [0.15, 0.2) is 0 Å². The lowest BCUT2D eigenvalue weighted by atomic mass is 9.98. The third-order valence-electron chi connectivity index (χ3n) is 3.17. The SMILES string of the molecule is CC1C(OCC(C)(C)C)OCC(CO)N1C(=O)OC(C)(C)C. The van der Waals surface area contributed by atoms with Crippen molar-refractivity contribution in [1.29, 1.82) is 0 Å². The molecule has 0 radical (unpaired) electrons. The van der Waals surface area contributed by atoms with Crippen molar-refractivity contribution >= 4 is 6.09 Å². The van der Waals surface area contributed by atoms with Crippen LogP contribution in [-0.4, -0.2) is 59.9 Å². The lowest BCUT2D eigenvalue weighted by Gasteiger charge is -2.44. The van der Waals surface area contributed by atoms with E-state index in [4.69, 9.17) is 14.2 Å². The fourth-order valence-electron chi connectivity index (χ4n) is 2.18. The van der Waals surface area contributed by atoms with Crippen molar-refractivity contribution in [3.8, 4) is 0 Å². The smallest absolute Gasteiger partial charge is 0.411 e. The van der Waals surface area contributed by atoms with Crippen molar-refractivity contribution in [3.05, 3.63) is 0 Å². The van der Waals surface area contributed by atoms with E-state index in [1.165, 1.54) is 4.90 Å². The molecule has 1 fully saturated rings. The van der Waals surface area contributed by atoms with Crippen molar-refractivity contribution in [3.63, 3.8) is 0 Å². The summed E-state index contributed by atoms with van der Waals surface area (Å²) in [5, 5.41) is 9.50. The molecule has 0 aliphatic carbocycles. The molecule has 1 heterocycles. The van der Waals surface area contributed by atoms with E-state index in [0.29, 0.717) is 6.61 Å². The van der Waals surface area contributed by atoms with E-state index in [1.807, 2.05) is 27.7 Å². The Labute approximate surface area is 133 Å². The van der Waals surface area contributed by atoms with Gasteiger partial charge in [0.25, 0.3) is 0 Å². The van der Waals surface area contributed by atoms with E-state index in [-0.39, 0.29) is 24.7 Å². The Morgan fingerprint density at radius 2 is 1.86 bits per heavy atom. The van der Waals surface area contributed by atoms with Crippen LogP contribution in [0.3, 0.4) is 0 Å². The van der Waals surface area contributed by atoms with Crippen LogP contribution in [0.1, 0.15) is 48.5 Å². The van der Waals surface area contributed by atoms with Gasteiger partial charge in [-0.25, -0.2) is 4.79 Å². The summed E-state index contributed by atoms with van der Waals surface area (Å²) in [6, 6.07) is -0.748. The van der Waals surface area contributed by atoms with Crippen LogP contribution >= 0.6 is 0 Å². The van der Waals surface area contributed by atoms with Crippen LogP contribution in [-0.2, 0) is 14.2 Å². The van der Waals surface area contributed by atoms with Crippen molar-refractivity contribution in [2.75, 3.05) is 19.8 Å². The summed E-state index contributed by atoms with van der Waals surface area (Å²) in [7, 11) is 0. The Balaban J connectivity index is 2.79. The second-order valence-electron chi connectivity index (χ2n) is 8.04. The van der Waals surface area contributed by atoms with Gasteiger partial charge in [0.2, 0.25) is 0 Å². The van der Waals surface area contributed by atoms with Crippen LogP contribution in [0, 0.1) is 5.41 Å². The summed E-state index contributed by atoms with van der Waals surface area (Å²) in [5.41, 5.74) is -0.579. The quantitative estimate of drug-likeness (QED) is 0.865. The maximum Gasteiger partial charge on any atom is 0.411 e. The van der Waals surface area contributed by atoms with Crippen molar-refractivity contribution in [1.82, 2.24) is 4.90 Å². The molecule has 1 aliphatic heterocycles. The van der Waals surface area contributed by atoms with E-state index in [1.54, 1.807) is 0 Å². The number of nitrogens with zero attached hydrogens (tertiary/aromatic N) is 1. The van der Waals surface area contributed by atoms with Gasteiger partial charge in [0.1, 0.15) is 5.60 Å². The molecule has 6 nitrogen and oxygen atoms in total. The molecular formula is C16H31NO5. The molecule has 0 saturated carbocycles. The zero-order valence-electron chi connectivity index (χ0n) is 14.9. The number of amides is 1. The number of carbonyl (C=O) groups excluding carboxylic acids is 1. The second kappa shape index (κ2) is 7.15. The minimum absolute atomic E-state index is 0.00759. The molecule has 1 rings (SSSR count). The molecule has 3 unspecified atom stereocenters. The van der Waals surface area contributed by atoms with Crippen molar-refractivity contribution < 1.29 is 24.1 Å². The van der Waals surface area contributed by atoms with E-state index in [2.05, 4.69) is 20.8 Å². The van der Waals surface area contributed by atoms with Gasteiger partial charge in [-0.3, -0.25) is 4.90 Å². The second-order valence-corrected chi connectivity index (χ2v) is 8.04. The highest BCUT2D eigenvalue weighted by Gasteiger charge is 2.41. The molecule has 0 aromatic rings. The molecule has 6 heteroatoms. The van der Waals surface area contributed by atoms with Crippen molar-refractivity contribution in [2.24, 2.45) is 5.41 Å². The largest absolute Gasteiger partial charge is 0.444 e. The van der Waals surface area contributed by atoms with E-state index >= 15 is 0 Å². The van der Waals surface area contributed by atoms with Gasteiger partial charge < -0.3 is 19.3 Å². The highest BCUT2D eigenvalue weighted by Crippen LogP contribution is 2.24. The standard InChI is InChI=1S/C16H31NO5/c1-11-13(21-10-15(2,3)4)20-9-12(8-18)17(11)14(19)22-16(5,6)7/h11-13,18H,8-10H2,1-7H3. The molecule has 1 aliphatic rings. The molecule has 0 bridgehead atoms. The number of aliphatic hydroxyl groups excluding tert-OH is 1. The van der Waals surface area contributed by atoms with Crippen LogP contribution in [0.5, 0.6) is 0 Å². The fraction of sp³-hybridized carbons (Fsp3) is 0.938. The summed E-state index contributed by atoms with van der Waals surface area (Å²) < 4.78 is 16.9. The third-order valence-corrected chi connectivity index (χ3v) is 3.17. The van der Waals surface area contributed by atoms with Gasteiger partial charge >= 0.3 is 6.09 Å². The summed E-state index contributed by atoms with van der Waals surface area (Å²) >= 11 is 0. The lowest BCUT2D eigenvalue weighted by molar-refractivity contribution is -0.226. The number of rotatable bonds is 3. The predicted octanol–water partition coefficient (Wildman–Crippen LogP) is 2.39. The zero-order valence-corrected chi connectivity index (χ0v) is 14.9. The summed E-state index contributed by atoms with van der Waals surface area (Å²) in [6.07, 6.45) is -0.971. The zero-order chi connectivity index (χ0) is 17.1. The predicted molar refractivity (Wildman–Crippen MR) is 83.6 cm³/mol. The molecular weight excluding hydrogens is 286 g/mol. The monoisotopic (exact) mass is 317 g/mol. The van der Waals surface area contributed by atoms with E-state index in [0.717, 1.165) is 0 Å². The number of hydrogen-bond donors (Lipinski definition) is 1. The Hall–Kier alpha value is -0.850. The third kappa shape index (κ3) is 5.74. The Morgan fingerprint density at radius 3 is 2.32 bits per heavy atom. The topological polar surface area (TPSA) is 68.2 Å². The van der Waals surface area contributed by atoms with Gasteiger partial charge in [0.05, 0.1) is 31.9 Å². The Morgan fingerprint density at radius 1 is 1.27 bits per heavy atom. The Kier molecular flexibility index (Phi) is 6.24. The van der Waals surface area contributed by atoms with E-state index in [9.17, 15) is 9.90 Å². The minimum atomic E-state index is -0.586. The first-order valence-electron chi connectivity index (χ1n) is 7.80. The number of aliphatic hydroxyl groups is 1. The molecule has 130 valence electrons. The first-order chi connectivity index (χ1) is 9.94.